The monoisotopic (exact) mass is 300 g/mol. The highest BCUT2D eigenvalue weighted by atomic mass is 35.5. The van der Waals surface area contributed by atoms with Crippen molar-refractivity contribution in [1.29, 1.82) is 0 Å². The minimum atomic E-state index is -3.39. The molecule has 0 spiro atoms. The summed E-state index contributed by atoms with van der Waals surface area (Å²) in [4.78, 5) is 3.91. The summed E-state index contributed by atoms with van der Waals surface area (Å²) in [5.74, 6) is 0.288. The van der Waals surface area contributed by atoms with Gasteiger partial charge in [-0.2, -0.15) is 4.98 Å². The molecule has 0 aliphatic rings. The molecule has 2 rings (SSSR count). The molecule has 1 aromatic heterocycles. The predicted molar refractivity (Wildman–Crippen MR) is 71.5 cm³/mol. The van der Waals surface area contributed by atoms with E-state index >= 15 is 0 Å². The maximum atomic E-state index is 12.2. The molecule has 0 radical (unpaired) electrons. The second-order valence-corrected chi connectivity index (χ2v) is 6.99. The molecule has 0 N–H and O–H groups in total. The second-order valence-electron chi connectivity index (χ2n) is 4.23. The van der Waals surface area contributed by atoms with E-state index in [4.69, 9.17) is 16.1 Å². The number of nitrogens with zero attached hydrogens (tertiary/aromatic N) is 2. The lowest BCUT2D eigenvalue weighted by Gasteiger charge is -2.11. The molecule has 7 heteroatoms. The Balaban J connectivity index is 2.21. The van der Waals surface area contributed by atoms with Crippen molar-refractivity contribution in [3.05, 3.63) is 46.6 Å². The van der Waals surface area contributed by atoms with E-state index in [9.17, 15) is 8.42 Å². The van der Waals surface area contributed by atoms with Gasteiger partial charge in [-0.25, -0.2) is 8.42 Å². The molecule has 1 aromatic carbocycles. The number of aromatic nitrogens is 2. The first-order valence-electron chi connectivity index (χ1n) is 5.65. The third-order valence-corrected chi connectivity index (χ3v) is 5.04. The number of hydrogen-bond donors (Lipinski definition) is 0. The smallest absolute Gasteiger partial charge is 0.223 e. The van der Waals surface area contributed by atoms with Gasteiger partial charge in [0.1, 0.15) is 5.75 Å². The number of benzene rings is 1. The average molecular weight is 301 g/mol. The van der Waals surface area contributed by atoms with Crippen LogP contribution < -0.4 is 0 Å². The van der Waals surface area contributed by atoms with E-state index in [1.807, 2.05) is 0 Å². The highest BCUT2D eigenvalue weighted by molar-refractivity contribution is 7.90. The molecule has 1 atom stereocenters. The highest BCUT2D eigenvalue weighted by Crippen LogP contribution is 2.25. The summed E-state index contributed by atoms with van der Waals surface area (Å²) in [7, 11) is -3.39. The van der Waals surface area contributed by atoms with E-state index in [1.54, 1.807) is 38.1 Å². The number of rotatable bonds is 4. The molecule has 1 unspecified atom stereocenters. The molecule has 0 amide bonds. The van der Waals surface area contributed by atoms with Crippen molar-refractivity contribution in [1.82, 2.24) is 10.1 Å². The van der Waals surface area contributed by atoms with Crippen molar-refractivity contribution >= 4 is 21.4 Å². The van der Waals surface area contributed by atoms with E-state index in [-0.39, 0.29) is 11.6 Å². The zero-order valence-corrected chi connectivity index (χ0v) is 12.1. The van der Waals surface area contributed by atoms with E-state index < -0.39 is 15.1 Å². The Kier molecular flexibility index (Phi) is 3.91. The quantitative estimate of drug-likeness (QED) is 0.868. The SMILES string of the molecule is Cc1nc(CS(=O)(=O)C(C)c2ccc(Cl)cc2)no1. The van der Waals surface area contributed by atoms with Crippen LogP contribution in [0.5, 0.6) is 0 Å². The number of hydrogen-bond acceptors (Lipinski definition) is 5. The summed E-state index contributed by atoms with van der Waals surface area (Å²) in [6.07, 6.45) is 0. The first kappa shape index (κ1) is 14.0. The molecule has 1 heterocycles. The van der Waals surface area contributed by atoms with Gasteiger partial charge in [0.2, 0.25) is 5.89 Å². The predicted octanol–water partition coefficient (Wildman–Crippen LogP) is 2.71. The van der Waals surface area contributed by atoms with Gasteiger partial charge in [0, 0.05) is 11.9 Å². The fourth-order valence-electron chi connectivity index (χ4n) is 1.65. The van der Waals surface area contributed by atoms with E-state index in [1.165, 1.54) is 0 Å². The molecule has 5 nitrogen and oxygen atoms in total. The zero-order valence-electron chi connectivity index (χ0n) is 10.5. The topological polar surface area (TPSA) is 73.1 Å². The van der Waals surface area contributed by atoms with Crippen LogP contribution in [-0.4, -0.2) is 18.6 Å². The van der Waals surface area contributed by atoms with Crippen LogP contribution in [-0.2, 0) is 15.6 Å². The molecular formula is C12H13ClN2O3S. The number of halogens is 1. The molecule has 0 saturated carbocycles. The molecule has 0 bridgehead atoms. The lowest BCUT2D eigenvalue weighted by Crippen LogP contribution is -2.13. The van der Waals surface area contributed by atoms with Gasteiger partial charge in [-0.1, -0.05) is 28.9 Å². The fraction of sp³-hybridized carbons (Fsp3) is 0.333. The number of sulfone groups is 1. The minimum Gasteiger partial charge on any atom is -0.340 e. The summed E-state index contributed by atoms with van der Waals surface area (Å²) in [6, 6.07) is 6.74. The lowest BCUT2D eigenvalue weighted by molar-refractivity contribution is 0.388. The van der Waals surface area contributed by atoms with Gasteiger partial charge in [-0.15, -0.1) is 0 Å². The van der Waals surface area contributed by atoms with Crippen molar-refractivity contribution in [2.24, 2.45) is 0 Å². The summed E-state index contributed by atoms with van der Waals surface area (Å²) >= 11 is 5.78. The molecule has 19 heavy (non-hydrogen) atoms. The standard InChI is InChI=1S/C12H13ClN2O3S/c1-8(10-3-5-11(13)6-4-10)19(16,17)7-12-14-9(2)18-15-12/h3-6,8H,7H2,1-2H3. The van der Waals surface area contributed by atoms with Gasteiger partial charge in [-0.3, -0.25) is 0 Å². The van der Waals surface area contributed by atoms with Crippen LogP contribution in [0.4, 0.5) is 0 Å². The van der Waals surface area contributed by atoms with Crippen LogP contribution in [0, 0.1) is 6.92 Å². The van der Waals surface area contributed by atoms with Gasteiger partial charge >= 0.3 is 0 Å². The van der Waals surface area contributed by atoms with E-state index in [0.29, 0.717) is 16.5 Å². The van der Waals surface area contributed by atoms with Gasteiger partial charge in [0.15, 0.2) is 15.7 Å². The second kappa shape index (κ2) is 5.30. The summed E-state index contributed by atoms with van der Waals surface area (Å²) < 4.78 is 29.2. The van der Waals surface area contributed by atoms with E-state index in [2.05, 4.69) is 10.1 Å². The van der Waals surface area contributed by atoms with Gasteiger partial charge < -0.3 is 4.52 Å². The average Bonchev–Trinajstić information content (AvgIpc) is 2.74. The molecule has 0 fully saturated rings. The van der Waals surface area contributed by atoms with Crippen LogP contribution >= 0.6 is 11.6 Å². The highest BCUT2D eigenvalue weighted by Gasteiger charge is 2.25. The van der Waals surface area contributed by atoms with Crippen molar-refractivity contribution in [2.45, 2.75) is 24.9 Å². The molecule has 2 aromatic rings. The Hall–Kier alpha value is -1.40. The van der Waals surface area contributed by atoms with Crippen LogP contribution in [0.15, 0.2) is 28.8 Å². The Morgan fingerprint density at radius 1 is 1.32 bits per heavy atom. The van der Waals surface area contributed by atoms with Crippen LogP contribution in [0.1, 0.15) is 29.5 Å². The minimum absolute atomic E-state index is 0.179. The lowest BCUT2D eigenvalue weighted by atomic mass is 10.2. The maximum Gasteiger partial charge on any atom is 0.223 e. The summed E-state index contributed by atoms with van der Waals surface area (Å²) in [6.45, 7) is 3.25. The Labute approximate surface area is 116 Å². The fourth-order valence-corrected chi connectivity index (χ4v) is 3.07. The largest absolute Gasteiger partial charge is 0.340 e. The van der Waals surface area contributed by atoms with Crippen molar-refractivity contribution in [3.63, 3.8) is 0 Å². The van der Waals surface area contributed by atoms with Gasteiger partial charge in [0.05, 0.1) is 5.25 Å². The molecule has 102 valence electrons. The van der Waals surface area contributed by atoms with Crippen molar-refractivity contribution in [3.8, 4) is 0 Å². The van der Waals surface area contributed by atoms with Crippen LogP contribution in [0.25, 0.3) is 0 Å². The molecule has 0 saturated heterocycles. The third kappa shape index (κ3) is 3.33. The Morgan fingerprint density at radius 3 is 2.47 bits per heavy atom. The van der Waals surface area contributed by atoms with Crippen LogP contribution in [0.3, 0.4) is 0 Å². The van der Waals surface area contributed by atoms with Gasteiger partial charge in [-0.05, 0) is 24.6 Å². The Morgan fingerprint density at radius 2 is 1.95 bits per heavy atom. The molecule has 0 aliphatic carbocycles. The molecular weight excluding hydrogens is 288 g/mol. The Bertz CT molecular complexity index is 665. The zero-order chi connectivity index (χ0) is 14.0. The van der Waals surface area contributed by atoms with Gasteiger partial charge in [0.25, 0.3) is 0 Å². The normalized spacial score (nSPS) is 13.4. The van der Waals surface area contributed by atoms with Crippen LogP contribution in [0.2, 0.25) is 5.02 Å². The first-order chi connectivity index (χ1) is 8.88. The van der Waals surface area contributed by atoms with Crippen molar-refractivity contribution in [2.75, 3.05) is 0 Å². The number of aryl methyl sites for hydroxylation is 1. The summed E-state index contributed by atoms with van der Waals surface area (Å²) in [5.41, 5.74) is 0.685. The molecule has 0 aliphatic heterocycles. The van der Waals surface area contributed by atoms with Crippen molar-refractivity contribution < 1.29 is 12.9 Å². The third-order valence-electron chi connectivity index (χ3n) is 2.78. The maximum absolute atomic E-state index is 12.2. The first-order valence-corrected chi connectivity index (χ1v) is 7.74. The summed E-state index contributed by atoms with van der Waals surface area (Å²) in [5, 5.41) is 3.53. The van der Waals surface area contributed by atoms with E-state index in [0.717, 1.165) is 0 Å².